The number of likely N-dealkylation sites (N-methyl/N-ethyl adjacent to an activating group) is 1. The second kappa shape index (κ2) is 14.0. The van der Waals surface area contributed by atoms with E-state index in [0.717, 1.165) is 65.6 Å². The van der Waals surface area contributed by atoms with Gasteiger partial charge < -0.3 is 24.0 Å². The number of aryl methyl sites for hydroxylation is 1. The molecule has 0 N–H and O–H groups in total. The summed E-state index contributed by atoms with van der Waals surface area (Å²) < 4.78 is 18.1. The smallest absolute Gasteiger partial charge is 0.340 e. The highest BCUT2D eigenvalue weighted by atomic mass is 16.6. The average Bonchev–Trinajstić information content (AvgIpc) is 2.96. The Morgan fingerprint density at radius 2 is 1.70 bits per heavy atom. The number of pyridine rings is 2. The lowest BCUT2D eigenvalue weighted by Gasteiger charge is -2.41. The molecule has 1 atom stereocenters. The first-order valence-electron chi connectivity index (χ1n) is 15.7. The van der Waals surface area contributed by atoms with Gasteiger partial charge in [-0.2, -0.15) is 0 Å². The summed E-state index contributed by atoms with van der Waals surface area (Å²) in [5.74, 6) is 1.30. The zero-order valence-electron chi connectivity index (χ0n) is 28.0. The highest BCUT2D eigenvalue weighted by Crippen LogP contribution is 2.43. The van der Waals surface area contributed by atoms with Crippen LogP contribution in [0.15, 0.2) is 54.9 Å². The minimum absolute atomic E-state index is 0.259. The van der Waals surface area contributed by atoms with E-state index in [1.807, 2.05) is 97.4 Å². The van der Waals surface area contributed by atoms with Crippen LogP contribution in [0.3, 0.4) is 0 Å². The highest BCUT2D eigenvalue weighted by molar-refractivity contribution is 5.87. The number of rotatable bonds is 11. The number of ether oxygens (including phenoxy) is 3. The number of para-hydroxylation sites is 1. The van der Waals surface area contributed by atoms with Crippen LogP contribution < -0.4 is 14.5 Å². The number of anilines is 2. The van der Waals surface area contributed by atoms with Crippen LogP contribution in [0, 0.1) is 12.3 Å². The lowest BCUT2D eigenvalue weighted by molar-refractivity contribution is -0.171. The summed E-state index contributed by atoms with van der Waals surface area (Å²) in [6, 6.07) is 13.9. The van der Waals surface area contributed by atoms with Crippen molar-refractivity contribution in [3.8, 4) is 16.9 Å². The molecule has 44 heavy (non-hydrogen) atoms. The van der Waals surface area contributed by atoms with Crippen molar-refractivity contribution in [3.05, 3.63) is 66.1 Å². The molecule has 8 heteroatoms. The zero-order chi connectivity index (χ0) is 32.1. The van der Waals surface area contributed by atoms with E-state index in [1.54, 1.807) is 0 Å². The number of carbonyl (C=O) groups excluding carboxylic acids is 1. The number of hydrogen-bond donors (Lipinski definition) is 0. The van der Waals surface area contributed by atoms with Gasteiger partial charge in [-0.25, -0.2) is 9.78 Å². The van der Waals surface area contributed by atoms with Crippen LogP contribution in [0.1, 0.15) is 78.7 Å². The minimum atomic E-state index is -0.919. The maximum atomic E-state index is 13.6. The van der Waals surface area contributed by atoms with Crippen molar-refractivity contribution in [3.63, 3.8) is 0 Å². The van der Waals surface area contributed by atoms with Gasteiger partial charge in [0.25, 0.3) is 0 Å². The van der Waals surface area contributed by atoms with Crippen LogP contribution in [0.25, 0.3) is 11.1 Å². The lowest BCUT2D eigenvalue weighted by atomic mass is 9.82. The molecule has 8 nitrogen and oxygen atoms in total. The van der Waals surface area contributed by atoms with Gasteiger partial charge in [0.2, 0.25) is 0 Å². The van der Waals surface area contributed by atoms with Crippen LogP contribution in [-0.2, 0) is 14.3 Å². The van der Waals surface area contributed by atoms with Gasteiger partial charge in [-0.05, 0) is 84.1 Å². The molecule has 1 fully saturated rings. The van der Waals surface area contributed by atoms with E-state index in [2.05, 4.69) is 29.7 Å². The van der Waals surface area contributed by atoms with Gasteiger partial charge in [0.05, 0.1) is 23.9 Å². The number of hydrogen-bond acceptors (Lipinski definition) is 8. The molecular formula is C36H50N4O4. The fourth-order valence-corrected chi connectivity index (χ4v) is 5.39. The van der Waals surface area contributed by atoms with Gasteiger partial charge in [0.15, 0.2) is 6.10 Å². The van der Waals surface area contributed by atoms with Crippen molar-refractivity contribution in [2.24, 2.45) is 5.41 Å². The molecule has 0 unspecified atom stereocenters. The predicted octanol–water partition coefficient (Wildman–Crippen LogP) is 7.40. The first-order valence-corrected chi connectivity index (χ1v) is 15.7. The van der Waals surface area contributed by atoms with Crippen molar-refractivity contribution in [1.82, 2.24) is 9.97 Å². The molecule has 0 saturated carbocycles. The number of piperidine rings is 1. The van der Waals surface area contributed by atoms with Gasteiger partial charge in [0.1, 0.15) is 18.2 Å². The van der Waals surface area contributed by atoms with Crippen LogP contribution in [0.4, 0.5) is 11.5 Å². The molecule has 3 aromatic rings. The Balaban J connectivity index is 1.71. The van der Waals surface area contributed by atoms with Crippen molar-refractivity contribution >= 4 is 17.5 Å². The summed E-state index contributed by atoms with van der Waals surface area (Å²) >= 11 is 0. The van der Waals surface area contributed by atoms with Crippen LogP contribution in [0.2, 0.25) is 0 Å². The number of nitrogens with zero attached hydrogens (tertiary/aromatic N) is 4. The quantitative estimate of drug-likeness (QED) is 0.210. The first-order chi connectivity index (χ1) is 20.7. The first kappa shape index (κ1) is 33.2. The summed E-state index contributed by atoms with van der Waals surface area (Å²) in [5.41, 5.74) is 4.04. The summed E-state index contributed by atoms with van der Waals surface area (Å²) in [5, 5.41) is 0. The van der Waals surface area contributed by atoms with E-state index in [-0.39, 0.29) is 11.5 Å². The third-order valence-electron chi connectivity index (χ3n) is 7.91. The van der Waals surface area contributed by atoms with E-state index in [9.17, 15) is 4.79 Å². The molecule has 0 bridgehead atoms. The van der Waals surface area contributed by atoms with Crippen LogP contribution in [-0.4, -0.2) is 60.9 Å². The molecule has 1 aliphatic heterocycles. The molecule has 0 aliphatic carbocycles. The largest absolute Gasteiger partial charge is 0.492 e. The molecule has 0 radical (unpaired) electrons. The third-order valence-corrected chi connectivity index (χ3v) is 7.91. The van der Waals surface area contributed by atoms with E-state index >= 15 is 0 Å². The fourth-order valence-electron chi connectivity index (χ4n) is 5.39. The highest BCUT2D eigenvalue weighted by Gasteiger charge is 2.37. The van der Waals surface area contributed by atoms with Gasteiger partial charge in [-0.1, -0.05) is 32.0 Å². The monoisotopic (exact) mass is 602 g/mol. The van der Waals surface area contributed by atoms with Crippen molar-refractivity contribution in [2.75, 3.05) is 43.1 Å². The SMILES string of the molecule is Cc1ncc(-c2ccc(N(C)CCOc3ccccc3)nc2)c(N2CCC(C)(C)CC2)c1[C@H](OC(C)(C)C)C(=O)OC(C)C. The molecule has 1 aliphatic rings. The molecule has 238 valence electrons. The molecule has 4 rings (SSSR count). The fraction of sp³-hybridized carbons (Fsp3) is 0.528. The summed E-state index contributed by atoms with van der Waals surface area (Å²) in [6.45, 7) is 19.2. The van der Waals surface area contributed by atoms with Crippen molar-refractivity contribution in [1.29, 1.82) is 0 Å². The molecular weight excluding hydrogens is 552 g/mol. The Morgan fingerprint density at radius 3 is 2.30 bits per heavy atom. The third kappa shape index (κ3) is 8.72. The van der Waals surface area contributed by atoms with E-state index < -0.39 is 17.7 Å². The van der Waals surface area contributed by atoms with Crippen molar-refractivity contribution in [2.45, 2.75) is 86.0 Å². The molecule has 2 aromatic heterocycles. The Hall–Kier alpha value is -3.65. The van der Waals surface area contributed by atoms with Crippen LogP contribution >= 0.6 is 0 Å². The second-order valence-electron chi connectivity index (χ2n) is 13.8. The lowest BCUT2D eigenvalue weighted by Crippen LogP contribution is -2.39. The predicted molar refractivity (Wildman–Crippen MR) is 177 cm³/mol. The minimum Gasteiger partial charge on any atom is -0.492 e. The Morgan fingerprint density at radius 1 is 1.02 bits per heavy atom. The van der Waals surface area contributed by atoms with E-state index in [4.69, 9.17) is 24.2 Å². The van der Waals surface area contributed by atoms with Crippen LogP contribution in [0.5, 0.6) is 5.75 Å². The molecule has 1 aromatic carbocycles. The Kier molecular flexibility index (Phi) is 10.6. The number of esters is 1. The average molecular weight is 603 g/mol. The number of carbonyl (C=O) groups is 1. The molecule has 1 saturated heterocycles. The standard InChI is InChI=1S/C36H50N4O4/c1-25(2)43-34(41)33(44-35(4,5)6)31-26(3)37-24-29(32(31)40-19-17-36(7,8)18-20-40)27-15-16-30(38-23-27)39(9)21-22-42-28-13-11-10-12-14-28/h10-16,23-25,33H,17-22H2,1-9H3/t33-/m0/s1. The Labute approximate surface area is 263 Å². The van der Waals surface area contributed by atoms with Gasteiger partial charge in [-0.15, -0.1) is 0 Å². The van der Waals surface area contributed by atoms with Gasteiger partial charge in [-0.3, -0.25) is 4.98 Å². The maximum Gasteiger partial charge on any atom is 0.340 e. The maximum absolute atomic E-state index is 13.6. The van der Waals surface area contributed by atoms with Gasteiger partial charge >= 0.3 is 5.97 Å². The topological polar surface area (TPSA) is 77.0 Å². The second-order valence-corrected chi connectivity index (χ2v) is 13.8. The zero-order valence-corrected chi connectivity index (χ0v) is 28.0. The Bertz CT molecular complexity index is 1370. The number of benzene rings is 1. The number of aromatic nitrogens is 2. The normalized spacial score (nSPS) is 15.6. The summed E-state index contributed by atoms with van der Waals surface area (Å²) in [6.07, 6.45) is 4.70. The molecule has 0 spiro atoms. The molecule has 0 amide bonds. The summed E-state index contributed by atoms with van der Waals surface area (Å²) in [7, 11) is 2.01. The molecule has 3 heterocycles. The van der Waals surface area contributed by atoms with Gasteiger partial charge in [0, 0.05) is 54.9 Å². The van der Waals surface area contributed by atoms with Crippen molar-refractivity contribution < 1.29 is 19.0 Å². The summed E-state index contributed by atoms with van der Waals surface area (Å²) in [4.78, 5) is 27.8. The van der Waals surface area contributed by atoms with E-state index in [0.29, 0.717) is 13.2 Å². The van der Waals surface area contributed by atoms with E-state index in [1.165, 1.54) is 0 Å².